The monoisotopic (exact) mass is 315 g/mol. The second-order valence-corrected chi connectivity index (χ2v) is 4.76. The largest absolute Gasteiger partial charge is 0.374 e. The van der Waals surface area contributed by atoms with Crippen LogP contribution < -0.4 is 10.6 Å². The van der Waals surface area contributed by atoms with Crippen molar-refractivity contribution in [3.05, 3.63) is 34.1 Å². The molecule has 0 saturated carbocycles. The fraction of sp³-hybridized carbons (Fsp3) is 0. The lowest BCUT2D eigenvalue weighted by Gasteiger charge is -2.00. The van der Waals surface area contributed by atoms with Crippen molar-refractivity contribution in [1.82, 2.24) is 9.36 Å². The number of oxime groups is 1. The maximum absolute atomic E-state index is 10.8. The summed E-state index contributed by atoms with van der Waals surface area (Å²) in [5.41, 5.74) is 5.21. The van der Waals surface area contributed by atoms with E-state index in [2.05, 4.69) is 14.5 Å². The lowest BCUT2D eigenvalue weighted by molar-refractivity contribution is 0.342. The van der Waals surface area contributed by atoms with Crippen LogP contribution in [0.5, 0.6) is 5.75 Å². The molecule has 1 aromatic carbocycles. The first-order valence-electron chi connectivity index (χ1n) is 4.78. The number of aromatic nitrogens is 2. The minimum atomic E-state index is -0.195. The van der Waals surface area contributed by atoms with Crippen LogP contribution in [-0.2, 0) is 4.79 Å². The molecule has 2 aromatic rings. The lowest BCUT2D eigenvalue weighted by Crippen LogP contribution is -2.07. The Bertz CT molecular complexity index is 644. The Morgan fingerprint density at radius 3 is 2.79 bits per heavy atom. The lowest BCUT2D eigenvalue weighted by atomic mass is 10.3. The van der Waals surface area contributed by atoms with Gasteiger partial charge in [0.2, 0.25) is 5.82 Å². The predicted molar refractivity (Wildman–Crippen MR) is 73.6 cm³/mol. The van der Waals surface area contributed by atoms with Crippen LogP contribution >= 0.6 is 34.7 Å². The summed E-state index contributed by atoms with van der Waals surface area (Å²) < 4.78 is 3.82. The second-order valence-electron chi connectivity index (χ2n) is 3.17. The number of nitrogen functional groups attached to an aromatic ring is 1. The molecule has 0 aliphatic heterocycles. The number of hydrogen-bond donors (Lipinski definition) is 1. The van der Waals surface area contributed by atoms with E-state index in [0.717, 1.165) is 11.5 Å². The molecule has 1 aromatic heterocycles. The van der Waals surface area contributed by atoms with E-state index >= 15 is 0 Å². The summed E-state index contributed by atoms with van der Waals surface area (Å²) in [5.74, 6) is 0.364. The minimum absolute atomic E-state index is 0.0533. The molecule has 9 heteroatoms. The maximum Gasteiger partial charge on any atom is 0.261 e. The van der Waals surface area contributed by atoms with Crippen molar-refractivity contribution in [2.75, 3.05) is 5.73 Å². The Morgan fingerprint density at radius 2 is 2.21 bits per heavy atom. The van der Waals surface area contributed by atoms with Crippen LogP contribution in [0, 0.1) is 0 Å². The van der Waals surface area contributed by atoms with Gasteiger partial charge in [-0.1, -0.05) is 28.4 Å². The van der Waals surface area contributed by atoms with Crippen LogP contribution in [0.25, 0.3) is 0 Å². The number of hydrogen-bond acceptors (Lipinski definition) is 7. The molecule has 19 heavy (non-hydrogen) atoms. The van der Waals surface area contributed by atoms with Crippen LogP contribution in [0.2, 0.25) is 10.0 Å². The van der Waals surface area contributed by atoms with Crippen LogP contribution in [0.3, 0.4) is 0 Å². The number of anilines is 1. The van der Waals surface area contributed by atoms with Gasteiger partial charge in [0.05, 0.1) is 10.0 Å². The molecule has 6 nitrogen and oxygen atoms in total. The topological polar surface area (TPSA) is 90.5 Å². The van der Waals surface area contributed by atoms with Crippen molar-refractivity contribution < 1.29 is 9.63 Å². The zero-order valence-electron chi connectivity index (χ0n) is 9.13. The van der Waals surface area contributed by atoms with E-state index in [1.165, 1.54) is 12.1 Å². The van der Waals surface area contributed by atoms with E-state index in [-0.39, 0.29) is 16.7 Å². The van der Waals surface area contributed by atoms with Gasteiger partial charge in [-0.3, -0.25) is 4.79 Å². The molecule has 0 bridgehead atoms. The smallest absolute Gasteiger partial charge is 0.261 e. The zero-order valence-corrected chi connectivity index (χ0v) is 11.5. The highest BCUT2D eigenvalue weighted by Crippen LogP contribution is 2.26. The third-order valence-corrected chi connectivity index (χ3v) is 3.17. The summed E-state index contributed by atoms with van der Waals surface area (Å²) >= 11 is 12.5. The first kappa shape index (κ1) is 13.7. The van der Waals surface area contributed by atoms with Gasteiger partial charge < -0.3 is 10.6 Å². The van der Waals surface area contributed by atoms with E-state index in [9.17, 15) is 4.79 Å². The molecule has 97 valence electrons. The van der Waals surface area contributed by atoms with Crippen molar-refractivity contribution in [1.29, 1.82) is 0 Å². The molecular weight excluding hydrogens is 311 g/mol. The standard InChI is InChI=1S/C10H5Cl2N4O2S/c11-6-2-1-5(3-7(6)12)18-15-8(4-17)9-14-10(13)19-16-9/h1-3H,(H2,13,14,16)/b15-8+. The first-order chi connectivity index (χ1) is 9.10. The van der Waals surface area contributed by atoms with Gasteiger partial charge in [0.25, 0.3) is 6.29 Å². The first-order valence-corrected chi connectivity index (χ1v) is 6.31. The van der Waals surface area contributed by atoms with Crippen LogP contribution in [0.4, 0.5) is 5.13 Å². The molecule has 0 atom stereocenters. The molecule has 0 saturated heterocycles. The molecule has 2 N–H and O–H groups in total. The Hall–Kier alpha value is -1.70. The predicted octanol–water partition coefficient (Wildman–Crippen LogP) is 2.32. The molecule has 2 rings (SSSR count). The number of rotatable bonds is 4. The van der Waals surface area contributed by atoms with Crippen LogP contribution in [0.1, 0.15) is 5.82 Å². The van der Waals surface area contributed by atoms with Gasteiger partial charge in [0.1, 0.15) is 0 Å². The molecule has 0 aliphatic rings. The van der Waals surface area contributed by atoms with E-state index in [1.54, 1.807) is 12.4 Å². The molecular formula is C10H5Cl2N4O2S. The highest BCUT2D eigenvalue weighted by Gasteiger charge is 2.11. The van der Waals surface area contributed by atoms with E-state index in [4.69, 9.17) is 33.8 Å². The molecule has 0 unspecified atom stereocenters. The SMILES string of the molecule is Nc1nc(/C([C]=O)=N/Oc2ccc(Cl)c(Cl)c2)ns1. The highest BCUT2D eigenvalue weighted by atomic mass is 35.5. The van der Waals surface area contributed by atoms with Gasteiger partial charge >= 0.3 is 0 Å². The van der Waals surface area contributed by atoms with Gasteiger partial charge in [0.15, 0.2) is 16.6 Å². The number of nitrogens with zero attached hydrogens (tertiary/aromatic N) is 3. The van der Waals surface area contributed by atoms with Crippen molar-refractivity contribution in [3.63, 3.8) is 0 Å². The summed E-state index contributed by atoms with van der Waals surface area (Å²) in [6.07, 6.45) is 1.57. The average Bonchev–Trinajstić information content (AvgIpc) is 2.81. The van der Waals surface area contributed by atoms with Gasteiger partial charge in [-0.25, -0.2) is 0 Å². The van der Waals surface area contributed by atoms with Gasteiger partial charge in [-0.15, -0.1) is 0 Å². The second kappa shape index (κ2) is 5.96. The third kappa shape index (κ3) is 3.40. The van der Waals surface area contributed by atoms with Crippen LogP contribution in [0.15, 0.2) is 23.4 Å². The molecule has 0 amide bonds. The summed E-state index contributed by atoms with van der Waals surface area (Å²) in [5, 5.41) is 4.49. The normalized spacial score (nSPS) is 11.4. The fourth-order valence-corrected chi connectivity index (χ4v) is 1.79. The van der Waals surface area contributed by atoms with E-state index < -0.39 is 0 Å². The van der Waals surface area contributed by atoms with Gasteiger partial charge in [0, 0.05) is 17.6 Å². The van der Waals surface area contributed by atoms with Crippen molar-refractivity contribution in [2.45, 2.75) is 0 Å². The van der Waals surface area contributed by atoms with Gasteiger partial charge in [-0.05, 0) is 12.1 Å². The molecule has 0 aliphatic carbocycles. The number of nitrogens with two attached hydrogens (primary N) is 1. The quantitative estimate of drug-likeness (QED) is 0.690. The summed E-state index contributed by atoms with van der Waals surface area (Å²) in [6, 6.07) is 4.54. The fourth-order valence-electron chi connectivity index (χ4n) is 1.07. The highest BCUT2D eigenvalue weighted by molar-refractivity contribution is 7.09. The van der Waals surface area contributed by atoms with Crippen molar-refractivity contribution >= 4 is 51.9 Å². The molecule has 1 heterocycles. The third-order valence-electron chi connectivity index (χ3n) is 1.88. The summed E-state index contributed by atoms with van der Waals surface area (Å²) in [6.45, 7) is 0. The number of halogens is 2. The Morgan fingerprint density at radius 1 is 1.42 bits per heavy atom. The van der Waals surface area contributed by atoms with Gasteiger partial charge in [-0.2, -0.15) is 9.36 Å². The van der Waals surface area contributed by atoms with Crippen molar-refractivity contribution in [2.24, 2.45) is 5.16 Å². The molecule has 1 radical (unpaired) electrons. The van der Waals surface area contributed by atoms with Crippen molar-refractivity contribution in [3.8, 4) is 5.75 Å². The molecule has 0 spiro atoms. The maximum atomic E-state index is 10.8. The van der Waals surface area contributed by atoms with Crippen LogP contribution in [-0.4, -0.2) is 21.4 Å². The zero-order chi connectivity index (χ0) is 13.8. The number of carbonyl (C=O) groups excluding carboxylic acids is 1. The Balaban J connectivity index is 2.20. The average molecular weight is 316 g/mol. The Kier molecular flexibility index (Phi) is 4.31. The summed E-state index contributed by atoms with van der Waals surface area (Å²) in [4.78, 5) is 19.6. The van der Waals surface area contributed by atoms with E-state index in [1.807, 2.05) is 0 Å². The number of benzene rings is 1. The molecule has 0 fully saturated rings. The van der Waals surface area contributed by atoms with E-state index in [0.29, 0.717) is 15.8 Å². The summed E-state index contributed by atoms with van der Waals surface area (Å²) in [7, 11) is 0. The minimum Gasteiger partial charge on any atom is -0.374 e. The Labute approximate surface area is 122 Å².